The van der Waals surface area contributed by atoms with Gasteiger partial charge in [0.2, 0.25) is 5.95 Å². The van der Waals surface area contributed by atoms with Crippen LogP contribution in [0.4, 0.5) is 5.95 Å². The van der Waals surface area contributed by atoms with Crippen LogP contribution in [-0.4, -0.2) is 27.3 Å². The summed E-state index contributed by atoms with van der Waals surface area (Å²) in [6, 6.07) is 27.0. The molecule has 0 bridgehead atoms. The smallest absolute Gasteiger partial charge is 0.287 e. The molecule has 150 valence electrons. The van der Waals surface area contributed by atoms with Crippen molar-refractivity contribution < 1.29 is 9.53 Å². The number of ether oxygens (including phenoxy) is 1. The number of aromatic nitrogens is 3. The molecule has 1 aromatic heterocycles. The zero-order valence-electron chi connectivity index (χ0n) is 16.7. The van der Waals surface area contributed by atoms with E-state index in [4.69, 9.17) is 4.74 Å². The first-order chi connectivity index (χ1) is 14.7. The quantitative estimate of drug-likeness (QED) is 0.493. The molecule has 6 heteroatoms. The van der Waals surface area contributed by atoms with Crippen LogP contribution in [0, 0.1) is 6.92 Å². The van der Waals surface area contributed by atoms with Crippen LogP contribution in [-0.2, 0) is 6.54 Å². The maximum atomic E-state index is 12.8. The van der Waals surface area contributed by atoms with Gasteiger partial charge in [-0.25, -0.2) is 0 Å². The second-order valence-corrected chi connectivity index (χ2v) is 6.87. The van der Waals surface area contributed by atoms with Crippen LogP contribution in [0.2, 0.25) is 0 Å². The third-order valence-corrected chi connectivity index (χ3v) is 4.55. The molecule has 0 unspecified atom stereocenters. The molecule has 30 heavy (non-hydrogen) atoms. The Morgan fingerprint density at radius 1 is 0.933 bits per heavy atom. The zero-order chi connectivity index (χ0) is 20.8. The predicted octanol–water partition coefficient (Wildman–Crippen LogP) is 4.58. The molecule has 4 aromatic rings. The van der Waals surface area contributed by atoms with Crippen molar-refractivity contribution >= 4 is 11.9 Å². The molecule has 3 aromatic carbocycles. The van der Waals surface area contributed by atoms with E-state index in [1.165, 1.54) is 4.68 Å². The molecule has 0 spiro atoms. The fourth-order valence-corrected chi connectivity index (χ4v) is 2.93. The minimum Gasteiger partial charge on any atom is -0.484 e. The van der Waals surface area contributed by atoms with Gasteiger partial charge in [0.05, 0.1) is 0 Å². The van der Waals surface area contributed by atoms with E-state index in [0.717, 1.165) is 16.7 Å². The van der Waals surface area contributed by atoms with E-state index in [9.17, 15) is 4.79 Å². The number of carbonyl (C=O) groups is 1. The molecular weight excluding hydrogens is 376 g/mol. The van der Waals surface area contributed by atoms with Gasteiger partial charge in [0.25, 0.3) is 5.91 Å². The Morgan fingerprint density at radius 2 is 1.60 bits per heavy atom. The summed E-state index contributed by atoms with van der Waals surface area (Å²) in [5.41, 5.74) is 3.07. The fourth-order valence-electron chi connectivity index (χ4n) is 2.93. The van der Waals surface area contributed by atoms with Crippen LogP contribution < -0.4 is 10.1 Å². The van der Waals surface area contributed by atoms with E-state index in [2.05, 4.69) is 15.4 Å². The number of aryl methyl sites for hydroxylation is 1. The summed E-state index contributed by atoms with van der Waals surface area (Å²) in [5, 5.41) is 7.67. The monoisotopic (exact) mass is 398 g/mol. The maximum Gasteiger partial charge on any atom is 0.287 e. The van der Waals surface area contributed by atoms with Crippen molar-refractivity contribution in [2.45, 2.75) is 13.5 Å². The summed E-state index contributed by atoms with van der Waals surface area (Å²) in [5.74, 6) is 1.19. The lowest BCUT2D eigenvalue weighted by atomic mass is 10.1. The third kappa shape index (κ3) is 4.72. The van der Waals surface area contributed by atoms with Crippen molar-refractivity contribution in [3.63, 3.8) is 0 Å². The number of nitrogens with zero attached hydrogens (tertiary/aromatic N) is 3. The highest BCUT2D eigenvalue weighted by molar-refractivity contribution is 5.82. The SMILES string of the molecule is Cc1ccc(-c2nc(NCc3ccccc3)n(C(=O)COc3ccccc3)n2)cc1. The van der Waals surface area contributed by atoms with Gasteiger partial charge < -0.3 is 10.1 Å². The molecule has 0 amide bonds. The zero-order valence-corrected chi connectivity index (χ0v) is 16.7. The molecule has 0 aliphatic rings. The molecular formula is C24H22N4O2. The minimum absolute atomic E-state index is 0.138. The Balaban J connectivity index is 1.57. The Bertz CT molecular complexity index is 1110. The summed E-state index contributed by atoms with van der Waals surface area (Å²) in [7, 11) is 0. The molecule has 0 radical (unpaired) electrons. The van der Waals surface area contributed by atoms with Crippen molar-refractivity contribution in [1.82, 2.24) is 14.8 Å². The summed E-state index contributed by atoms with van der Waals surface area (Å²) in [6.45, 7) is 2.41. The normalized spacial score (nSPS) is 10.6. The van der Waals surface area contributed by atoms with Gasteiger partial charge in [-0.1, -0.05) is 78.4 Å². The maximum absolute atomic E-state index is 12.8. The van der Waals surface area contributed by atoms with E-state index >= 15 is 0 Å². The second kappa shape index (κ2) is 9.05. The summed E-state index contributed by atoms with van der Waals surface area (Å²) in [6.07, 6.45) is 0. The van der Waals surface area contributed by atoms with Crippen molar-refractivity contribution in [3.05, 3.63) is 96.1 Å². The van der Waals surface area contributed by atoms with Crippen molar-refractivity contribution in [2.75, 3.05) is 11.9 Å². The van der Waals surface area contributed by atoms with Crippen LogP contribution >= 0.6 is 0 Å². The summed E-state index contributed by atoms with van der Waals surface area (Å²) in [4.78, 5) is 17.4. The van der Waals surface area contributed by atoms with Gasteiger partial charge in [-0.3, -0.25) is 4.79 Å². The van der Waals surface area contributed by atoms with Crippen LogP contribution in [0.3, 0.4) is 0 Å². The van der Waals surface area contributed by atoms with Gasteiger partial charge in [-0.2, -0.15) is 9.67 Å². The molecule has 4 rings (SSSR count). The highest BCUT2D eigenvalue weighted by atomic mass is 16.5. The first kappa shape index (κ1) is 19.4. The van der Waals surface area contributed by atoms with E-state index in [-0.39, 0.29) is 12.5 Å². The first-order valence-electron chi connectivity index (χ1n) is 9.72. The highest BCUT2D eigenvalue weighted by Gasteiger charge is 2.18. The number of benzene rings is 3. The number of rotatable bonds is 7. The average molecular weight is 398 g/mol. The van der Waals surface area contributed by atoms with Crippen LogP contribution in [0.25, 0.3) is 11.4 Å². The second-order valence-electron chi connectivity index (χ2n) is 6.87. The van der Waals surface area contributed by atoms with Crippen molar-refractivity contribution in [3.8, 4) is 17.1 Å². The van der Waals surface area contributed by atoms with E-state index < -0.39 is 0 Å². The number of anilines is 1. The third-order valence-electron chi connectivity index (χ3n) is 4.55. The van der Waals surface area contributed by atoms with Crippen molar-refractivity contribution in [2.24, 2.45) is 0 Å². The van der Waals surface area contributed by atoms with E-state index in [1.54, 1.807) is 12.1 Å². The summed E-state index contributed by atoms with van der Waals surface area (Å²) >= 11 is 0. The fraction of sp³-hybridized carbons (Fsp3) is 0.125. The molecule has 0 atom stereocenters. The molecule has 0 saturated carbocycles. The molecule has 0 aliphatic carbocycles. The topological polar surface area (TPSA) is 69.0 Å². The number of nitrogens with one attached hydrogen (secondary N) is 1. The number of para-hydroxylation sites is 1. The van der Waals surface area contributed by atoms with E-state index in [1.807, 2.05) is 79.7 Å². The largest absolute Gasteiger partial charge is 0.484 e. The number of carbonyl (C=O) groups excluding carboxylic acids is 1. The number of hydrogen-bond acceptors (Lipinski definition) is 5. The molecule has 1 heterocycles. The predicted molar refractivity (Wildman–Crippen MR) is 117 cm³/mol. The Hall–Kier alpha value is -3.93. The Labute approximate surface area is 175 Å². The van der Waals surface area contributed by atoms with Gasteiger partial charge in [0.1, 0.15) is 5.75 Å². The molecule has 0 saturated heterocycles. The molecule has 0 fully saturated rings. The lowest BCUT2D eigenvalue weighted by molar-refractivity contribution is 0.0824. The highest BCUT2D eigenvalue weighted by Crippen LogP contribution is 2.19. The first-order valence-corrected chi connectivity index (χ1v) is 9.72. The summed E-state index contributed by atoms with van der Waals surface area (Å²) < 4.78 is 6.88. The van der Waals surface area contributed by atoms with Crippen LogP contribution in [0.15, 0.2) is 84.9 Å². The van der Waals surface area contributed by atoms with Crippen LogP contribution in [0.1, 0.15) is 15.9 Å². The van der Waals surface area contributed by atoms with Gasteiger partial charge in [0.15, 0.2) is 12.4 Å². The Morgan fingerprint density at radius 3 is 2.30 bits per heavy atom. The Kier molecular flexibility index (Phi) is 5.85. The average Bonchev–Trinajstić information content (AvgIpc) is 3.22. The molecule has 6 nitrogen and oxygen atoms in total. The minimum atomic E-state index is -0.305. The van der Waals surface area contributed by atoms with Gasteiger partial charge >= 0.3 is 0 Å². The van der Waals surface area contributed by atoms with Crippen molar-refractivity contribution in [1.29, 1.82) is 0 Å². The van der Waals surface area contributed by atoms with Gasteiger partial charge in [-0.15, -0.1) is 5.10 Å². The van der Waals surface area contributed by atoms with Gasteiger partial charge in [0, 0.05) is 12.1 Å². The lowest BCUT2D eigenvalue weighted by Crippen LogP contribution is -2.22. The van der Waals surface area contributed by atoms with Gasteiger partial charge in [-0.05, 0) is 24.6 Å². The molecule has 1 N–H and O–H groups in total. The van der Waals surface area contributed by atoms with E-state index in [0.29, 0.717) is 24.1 Å². The standard InChI is InChI=1S/C24H22N4O2/c1-18-12-14-20(15-13-18)23-26-24(25-16-19-8-4-2-5-9-19)28(27-23)22(29)17-30-21-10-6-3-7-11-21/h2-15H,16-17H2,1H3,(H,25,26,27). The van der Waals surface area contributed by atoms with Crippen LogP contribution in [0.5, 0.6) is 5.75 Å². The lowest BCUT2D eigenvalue weighted by Gasteiger charge is -2.08. The molecule has 0 aliphatic heterocycles. The number of hydrogen-bond donors (Lipinski definition) is 1.